The van der Waals surface area contributed by atoms with Crippen LogP contribution in [0.4, 0.5) is 5.69 Å². The van der Waals surface area contributed by atoms with Gasteiger partial charge in [0.1, 0.15) is 0 Å². The minimum absolute atomic E-state index is 0.0614. The molecule has 1 aromatic rings. The molecular formula is C18H28N2O. The lowest BCUT2D eigenvalue weighted by Gasteiger charge is -2.19. The molecule has 0 aromatic heterocycles. The second-order valence-corrected chi connectivity index (χ2v) is 6.13. The Morgan fingerprint density at radius 2 is 2.19 bits per heavy atom. The molecule has 2 N–H and O–H groups in total. The fraction of sp³-hybridized carbons (Fsp3) is 0.611. The van der Waals surface area contributed by atoms with Gasteiger partial charge in [0, 0.05) is 23.8 Å². The maximum absolute atomic E-state index is 12.3. The topological polar surface area (TPSA) is 41.1 Å². The number of unbranched alkanes of at least 4 members (excludes halogenated alkanes) is 3. The van der Waals surface area contributed by atoms with Crippen molar-refractivity contribution in [1.82, 2.24) is 5.32 Å². The van der Waals surface area contributed by atoms with E-state index in [-0.39, 0.29) is 11.9 Å². The van der Waals surface area contributed by atoms with E-state index in [4.69, 9.17) is 0 Å². The van der Waals surface area contributed by atoms with E-state index in [1.165, 1.54) is 36.9 Å². The Balaban J connectivity index is 1.85. The van der Waals surface area contributed by atoms with Crippen LogP contribution in [0.1, 0.15) is 68.3 Å². The minimum Gasteiger partial charge on any atom is -0.385 e. The van der Waals surface area contributed by atoms with Crippen molar-refractivity contribution < 1.29 is 4.79 Å². The first-order valence-corrected chi connectivity index (χ1v) is 8.38. The van der Waals surface area contributed by atoms with Crippen LogP contribution in [0.5, 0.6) is 0 Å². The van der Waals surface area contributed by atoms with Gasteiger partial charge in [-0.3, -0.25) is 4.79 Å². The third-order valence-electron chi connectivity index (χ3n) is 4.17. The van der Waals surface area contributed by atoms with E-state index in [1.807, 2.05) is 18.2 Å². The molecule has 0 saturated carbocycles. The zero-order valence-electron chi connectivity index (χ0n) is 13.4. The monoisotopic (exact) mass is 288 g/mol. The molecule has 0 aliphatic carbocycles. The highest BCUT2D eigenvalue weighted by Gasteiger charge is 2.13. The van der Waals surface area contributed by atoms with Crippen molar-refractivity contribution in [1.29, 1.82) is 0 Å². The normalized spacial score (nSPS) is 15.0. The number of anilines is 1. The number of rotatable bonds is 7. The van der Waals surface area contributed by atoms with Crippen LogP contribution >= 0.6 is 0 Å². The fourth-order valence-electron chi connectivity index (χ4n) is 2.87. The van der Waals surface area contributed by atoms with E-state index in [0.29, 0.717) is 0 Å². The van der Waals surface area contributed by atoms with Crippen molar-refractivity contribution in [2.45, 2.75) is 64.8 Å². The second kappa shape index (κ2) is 8.06. The van der Waals surface area contributed by atoms with Gasteiger partial charge >= 0.3 is 0 Å². The number of carbonyl (C=O) groups excluding carboxylic acids is 1. The summed E-state index contributed by atoms with van der Waals surface area (Å²) in [5, 5.41) is 6.50. The predicted molar refractivity (Wildman–Crippen MR) is 88.9 cm³/mol. The van der Waals surface area contributed by atoms with Gasteiger partial charge in [-0.1, -0.05) is 32.6 Å². The number of benzene rings is 1. The highest BCUT2D eigenvalue weighted by molar-refractivity contribution is 5.95. The highest BCUT2D eigenvalue weighted by Crippen LogP contribution is 2.23. The number of hydrogen-bond donors (Lipinski definition) is 2. The van der Waals surface area contributed by atoms with E-state index in [0.717, 1.165) is 31.4 Å². The Kier molecular flexibility index (Phi) is 6.09. The van der Waals surface area contributed by atoms with E-state index in [9.17, 15) is 4.79 Å². The molecule has 0 spiro atoms. The van der Waals surface area contributed by atoms with Gasteiger partial charge in [-0.15, -0.1) is 0 Å². The molecule has 1 heterocycles. The van der Waals surface area contributed by atoms with Gasteiger partial charge in [-0.05, 0) is 49.9 Å². The number of nitrogens with one attached hydrogen (secondary N) is 2. The summed E-state index contributed by atoms with van der Waals surface area (Å²) in [5.74, 6) is 0.0614. The second-order valence-electron chi connectivity index (χ2n) is 6.13. The standard InChI is InChI=1S/C18H28N2O/c1-3-4-5-6-8-14(2)20-18(21)16-10-11-17-15(13-16)9-7-12-19-17/h10-11,13-14,19H,3-9,12H2,1-2H3,(H,20,21). The average molecular weight is 288 g/mol. The largest absolute Gasteiger partial charge is 0.385 e. The molecule has 116 valence electrons. The summed E-state index contributed by atoms with van der Waals surface area (Å²) in [7, 11) is 0. The number of fused-ring (bicyclic) bond motifs is 1. The van der Waals surface area contributed by atoms with Crippen LogP contribution < -0.4 is 10.6 Å². The number of carbonyl (C=O) groups is 1. The Morgan fingerprint density at radius 3 is 3.00 bits per heavy atom. The van der Waals surface area contributed by atoms with Crippen LogP contribution in [0, 0.1) is 0 Å². The van der Waals surface area contributed by atoms with E-state index in [2.05, 4.69) is 24.5 Å². The summed E-state index contributed by atoms with van der Waals surface area (Å²) in [4.78, 5) is 12.3. The number of aryl methyl sites for hydroxylation is 1. The molecule has 0 bridgehead atoms. The van der Waals surface area contributed by atoms with Crippen molar-refractivity contribution in [2.24, 2.45) is 0 Å². The van der Waals surface area contributed by atoms with E-state index in [1.54, 1.807) is 0 Å². The SMILES string of the molecule is CCCCCCC(C)NC(=O)c1ccc2c(c1)CCCN2. The maximum atomic E-state index is 12.3. The number of hydrogen-bond acceptors (Lipinski definition) is 2. The Morgan fingerprint density at radius 1 is 1.33 bits per heavy atom. The van der Waals surface area contributed by atoms with Gasteiger partial charge in [0.05, 0.1) is 0 Å². The first kappa shape index (κ1) is 15.9. The lowest BCUT2D eigenvalue weighted by atomic mass is 10.0. The molecule has 1 aromatic carbocycles. The third-order valence-corrected chi connectivity index (χ3v) is 4.17. The summed E-state index contributed by atoms with van der Waals surface area (Å²) in [6.07, 6.45) is 8.28. The summed E-state index contributed by atoms with van der Waals surface area (Å²) < 4.78 is 0. The molecule has 3 nitrogen and oxygen atoms in total. The summed E-state index contributed by atoms with van der Waals surface area (Å²) in [6.45, 7) is 5.35. The van der Waals surface area contributed by atoms with Crippen molar-refractivity contribution >= 4 is 11.6 Å². The van der Waals surface area contributed by atoms with Crippen molar-refractivity contribution in [2.75, 3.05) is 11.9 Å². The lowest BCUT2D eigenvalue weighted by Crippen LogP contribution is -2.32. The molecular weight excluding hydrogens is 260 g/mol. The first-order chi connectivity index (χ1) is 10.2. The summed E-state index contributed by atoms with van der Waals surface area (Å²) in [5.41, 5.74) is 3.24. The third kappa shape index (κ3) is 4.76. The molecule has 1 amide bonds. The summed E-state index contributed by atoms with van der Waals surface area (Å²) in [6, 6.07) is 6.26. The molecule has 0 radical (unpaired) electrons. The predicted octanol–water partition coefficient (Wildman–Crippen LogP) is 4.13. The highest BCUT2D eigenvalue weighted by atomic mass is 16.1. The van der Waals surface area contributed by atoms with Crippen LogP contribution in [-0.2, 0) is 6.42 Å². The summed E-state index contributed by atoms with van der Waals surface area (Å²) >= 11 is 0. The maximum Gasteiger partial charge on any atom is 0.251 e. The van der Waals surface area contributed by atoms with E-state index < -0.39 is 0 Å². The van der Waals surface area contributed by atoms with Crippen molar-refractivity contribution in [3.8, 4) is 0 Å². The zero-order chi connectivity index (χ0) is 15.1. The lowest BCUT2D eigenvalue weighted by molar-refractivity contribution is 0.0938. The minimum atomic E-state index is 0.0614. The van der Waals surface area contributed by atoms with Crippen LogP contribution in [0.2, 0.25) is 0 Å². The first-order valence-electron chi connectivity index (χ1n) is 8.38. The molecule has 1 unspecified atom stereocenters. The molecule has 0 fully saturated rings. The Labute approximate surface area is 128 Å². The van der Waals surface area contributed by atoms with Crippen molar-refractivity contribution in [3.05, 3.63) is 29.3 Å². The average Bonchev–Trinajstić information content (AvgIpc) is 2.51. The van der Waals surface area contributed by atoms with Gasteiger partial charge in [0.15, 0.2) is 0 Å². The Hall–Kier alpha value is -1.51. The van der Waals surface area contributed by atoms with Gasteiger partial charge in [0.2, 0.25) is 0 Å². The zero-order valence-corrected chi connectivity index (χ0v) is 13.4. The molecule has 1 aliphatic rings. The van der Waals surface area contributed by atoms with Crippen LogP contribution in [-0.4, -0.2) is 18.5 Å². The molecule has 21 heavy (non-hydrogen) atoms. The smallest absolute Gasteiger partial charge is 0.251 e. The van der Waals surface area contributed by atoms with Crippen LogP contribution in [0.3, 0.4) is 0 Å². The van der Waals surface area contributed by atoms with Crippen molar-refractivity contribution in [3.63, 3.8) is 0 Å². The van der Waals surface area contributed by atoms with Gasteiger partial charge in [0.25, 0.3) is 5.91 Å². The molecule has 1 aliphatic heterocycles. The van der Waals surface area contributed by atoms with Gasteiger partial charge in [-0.25, -0.2) is 0 Å². The Bertz CT molecular complexity index is 470. The number of amides is 1. The molecule has 2 rings (SSSR count). The quantitative estimate of drug-likeness (QED) is 0.741. The molecule has 1 atom stereocenters. The van der Waals surface area contributed by atoms with E-state index >= 15 is 0 Å². The van der Waals surface area contributed by atoms with Crippen LogP contribution in [0.15, 0.2) is 18.2 Å². The van der Waals surface area contributed by atoms with Crippen LogP contribution in [0.25, 0.3) is 0 Å². The van der Waals surface area contributed by atoms with Gasteiger partial charge in [-0.2, -0.15) is 0 Å². The van der Waals surface area contributed by atoms with Gasteiger partial charge < -0.3 is 10.6 Å². The fourth-order valence-corrected chi connectivity index (χ4v) is 2.87. The molecule has 3 heteroatoms. The molecule has 0 saturated heterocycles.